The first-order valence-electron chi connectivity index (χ1n) is 9.88. The molecule has 0 atom stereocenters. The van der Waals surface area contributed by atoms with Gasteiger partial charge in [-0.05, 0) is 0 Å². The Bertz CT molecular complexity index is 1430. The number of nitrogens with zero attached hydrogens (tertiary/aromatic N) is 3. The zero-order chi connectivity index (χ0) is 21.4. The molecule has 0 saturated carbocycles. The van der Waals surface area contributed by atoms with Crippen molar-refractivity contribution in [2.75, 3.05) is 14.1 Å². The molecule has 0 radical (unpaired) electrons. The van der Waals surface area contributed by atoms with E-state index in [2.05, 4.69) is 53.1 Å². The van der Waals surface area contributed by atoms with Gasteiger partial charge in [-0.3, -0.25) is 0 Å². The molecule has 0 N–H and O–H groups in total. The quantitative estimate of drug-likeness (QED) is 0.245. The minimum absolute atomic E-state index is 0.126. The SMILES string of the molecule is CN1C(=O)C(Cc2cc3c(s2)-n2c4ccccc4c4cccc(c42)S3)C(=O)N(C)C1=[Te]. The molecule has 2 aliphatic rings. The Morgan fingerprint density at radius 1 is 0.935 bits per heavy atom. The van der Waals surface area contributed by atoms with Crippen molar-refractivity contribution >= 4 is 82.3 Å². The molecule has 0 aliphatic carbocycles. The zero-order valence-electron chi connectivity index (χ0n) is 16.8. The van der Waals surface area contributed by atoms with Crippen LogP contribution in [0.3, 0.4) is 0 Å². The van der Waals surface area contributed by atoms with Gasteiger partial charge in [-0.2, -0.15) is 0 Å². The van der Waals surface area contributed by atoms with Crippen LogP contribution in [0, 0.1) is 5.92 Å². The molecule has 0 spiro atoms. The van der Waals surface area contributed by atoms with E-state index in [-0.39, 0.29) is 11.8 Å². The number of fused-ring (bicyclic) bond motifs is 5. The zero-order valence-corrected chi connectivity index (χ0v) is 20.7. The second-order valence-electron chi connectivity index (χ2n) is 7.82. The summed E-state index contributed by atoms with van der Waals surface area (Å²) in [5.74, 6) is -0.923. The molecule has 0 bridgehead atoms. The second kappa shape index (κ2) is 6.94. The van der Waals surface area contributed by atoms with E-state index in [4.69, 9.17) is 0 Å². The summed E-state index contributed by atoms with van der Waals surface area (Å²) in [4.78, 5) is 32.4. The summed E-state index contributed by atoms with van der Waals surface area (Å²) < 4.78 is 3.03. The fourth-order valence-corrected chi connectivity index (χ4v) is 7.52. The summed E-state index contributed by atoms with van der Waals surface area (Å²) in [7, 11) is 3.48. The van der Waals surface area contributed by atoms with Crippen LogP contribution >= 0.6 is 23.1 Å². The van der Waals surface area contributed by atoms with Gasteiger partial charge in [-0.1, -0.05) is 6.07 Å². The van der Waals surface area contributed by atoms with Crippen LogP contribution in [0.15, 0.2) is 58.3 Å². The molecule has 8 heteroatoms. The van der Waals surface area contributed by atoms with Crippen molar-refractivity contribution in [3.63, 3.8) is 0 Å². The van der Waals surface area contributed by atoms with Crippen LogP contribution in [0.1, 0.15) is 4.88 Å². The first-order valence-corrected chi connectivity index (χ1v) is 12.7. The Morgan fingerprint density at radius 2 is 1.65 bits per heavy atom. The number of amides is 2. The molecule has 1 saturated heterocycles. The van der Waals surface area contributed by atoms with Gasteiger partial charge in [0.2, 0.25) is 0 Å². The van der Waals surface area contributed by atoms with Crippen molar-refractivity contribution in [3.05, 3.63) is 53.4 Å². The van der Waals surface area contributed by atoms with Crippen molar-refractivity contribution in [2.45, 2.75) is 16.2 Å². The molecule has 5 nitrogen and oxygen atoms in total. The van der Waals surface area contributed by atoms with Crippen LogP contribution in [0.25, 0.3) is 26.8 Å². The summed E-state index contributed by atoms with van der Waals surface area (Å²) >= 11 is 5.17. The number of hydrogen-bond acceptors (Lipinski definition) is 4. The van der Waals surface area contributed by atoms with Crippen LogP contribution in [0.4, 0.5) is 0 Å². The number of carbonyl (C=O) groups excluding carboxylic acids is 2. The van der Waals surface area contributed by atoms with Crippen LogP contribution < -0.4 is 0 Å². The molecule has 2 amide bonds. The van der Waals surface area contributed by atoms with Gasteiger partial charge in [-0.15, -0.1) is 0 Å². The van der Waals surface area contributed by atoms with E-state index in [9.17, 15) is 9.59 Å². The van der Waals surface area contributed by atoms with E-state index in [0.29, 0.717) is 10.2 Å². The molecule has 4 heterocycles. The topological polar surface area (TPSA) is 45.6 Å². The van der Waals surface area contributed by atoms with Crippen LogP contribution in [0.2, 0.25) is 0 Å². The van der Waals surface area contributed by atoms with Crippen LogP contribution in [-0.4, -0.2) is 65.9 Å². The molecule has 1 fully saturated rings. The van der Waals surface area contributed by atoms with Crippen molar-refractivity contribution < 1.29 is 9.59 Å². The Labute approximate surface area is 200 Å². The first kappa shape index (κ1) is 19.6. The van der Waals surface area contributed by atoms with Gasteiger partial charge in [0.15, 0.2) is 0 Å². The second-order valence-corrected chi connectivity index (χ2v) is 11.1. The van der Waals surface area contributed by atoms with E-state index >= 15 is 0 Å². The number of aromatic nitrogens is 1. The molecule has 2 aromatic heterocycles. The fourth-order valence-electron chi connectivity index (χ4n) is 4.50. The van der Waals surface area contributed by atoms with Crippen molar-refractivity contribution in [2.24, 2.45) is 5.92 Å². The van der Waals surface area contributed by atoms with Gasteiger partial charge >= 0.3 is 195 Å². The molecule has 4 aromatic rings. The van der Waals surface area contributed by atoms with Gasteiger partial charge in [0.05, 0.1) is 0 Å². The monoisotopic (exact) mass is 561 g/mol. The molecule has 6 rings (SSSR count). The number of benzene rings is 2. The van der Waals surface area contributed by atoms with Gasteiger partial charge in [0.1, 0.15) is 0 Å². The molecular weight excluding hydrogens is 542 g/mol. The number of thiophene rings is 1. The average Bonchev–Trinajstić information content (AvgIpc) is 3.34. The molecular formula is C23H17N3O2S2Te. The predicted molar refractivity (Wildman–Crippen MR) is 126 cm³/mol. The van der Waals surface area contributed by atoms with Crippen molar-refractivity contribution in [3.8, 4) is 5.00 Å². The van der Waals surface area contributed by atoms with E-state index in [0.717, 1.165) is 4.88 Å². The number of para-hydroxylation sites is 2. The number of carbonyl (C=O) groups is 2. The molecule has 2 aromatic carbocycles. The van der Waals surface area contributed by atoms with Crippen molar-refractivity contribution in [1.82, 2.24) is 14.4 Å². The first-order chi connectivity index (χ1) is 15.0. The molecule has 31 heavy (non-hydrogen) atoms. The van der Waals surface area contributed by atoms with E-state index < -0.39 is 5.92 Å². The normalized spacial score (nSPS) is 16.6. The number of rotatable bonds is 2. The standard InChI is InChI=1S/C23H17N3O2S2Te/c1-24-20(27)15(21(28)25(2)23(24)31)10-12-11-18-22(29-12)26-16-8-4-3-6-13(16)14-7-5-9-17(30-18)19(14)26/h3-9,11,15H,10H2,1-2H3. The van der Waals surface area contributed by atoms with E-state index in [1.54, 1.807) is 68.8 Å². The molecule has 0 unspecified atom stereocenters. The molecule has 154 valence electrons. The summed E-state index contributed by atoms with van der Waals surface area (Å²) in [6.07, 6.45) is 0.428. The van der Waals surface area contributed by atoms with Crippen molar-refractivity contribution in [1.29, 1.82) is 0 Å². The van der Waals surface area contributed by atoms with Crippen LogP contribution in [-0.2, 0) is 16.0 Å². The Kier molecular flexibility index (Phi) is 4.38. The van der Waals surface area contributed by atoms with Gasteiger partial charge in [-0.25, -0.2) is 0 Å². The Balaban J connectivity index is 1.47. The maximum atomic E-state index is 12.9. The van der Waals surface area contributed by atoms with Crippen LogP contribution in [0.5, 0.6) is 0 Å². The number of hydrogen-bond donors (Lipinski definition) is 0. The molecule has 2 aliphatic heterocycles. The van der Waals surface area contributed by atoms with Gasteiger partial charge in [0.25, 0.3) is 0 Å². The summed E-state index contributed by atoms with van der Waals surface area (Å²) in [6, 6.07) is 17.1. The minimum atomic E-state index is -0.672. The third-order valence-electron chi connectivity index (χ3n) is 6.05. The summed E-state index contributed by atoms with van der Waals surface area (Å²) in [5.41, 5.74) is 2.43. The van der Waals surface area contributed by atoms with E-state index in [1.807, 2.05) is 0 Å². The Morgan fingerprint density at radius 3 is 2.42 bits per heavy atom. The van der Waals surface area contributed by atoms with Gasteiger partial charge < -0.3 is 0 Å². The van der Waals surface area contributed by atoms with Gasteiger partial charge in [0, 0.05) is 0 Å². The predicted octanol–water partition coefficient (Wildman–Crippen LogP) is 3.65. The maximum absolute atomic E-state index is 12.9. The summed E-state index contributed by atoms with van der Waals surface area (Å²) in [5, 5.41) is 3.67. The average molecular weight is 559 g/mol. The summed E-state index contributed by atoms with van der Waals surface area (Å²) in [6.45, 7) is 0. The fraction of sp³-hybridized carbons (Fsp3) is 0.174. The van der Waals surface area contributed by atoms with E-state index in [1.165, 1.54) is 36.6 Å². The third kappa shape index (κ3) is 2.72. The Hall–Kier alpha value is -2.11. The third-order valence-corrected chi connectivity index (χ3v) is 9.96.